The lowest BCUT2D eigenvalue weighted by Gasteiger charge is -2.15. The molecule has 1 aliphatic heterocycles. The summed E-state index contributed by atoms with van der Waals surface area (Å²) in [5, 5.41) is 5.07. The lowest BCUT2D eigenvalue weighted by Crippen LogP contribution is -2.40. The largest absolute Gasteiger partial charge is 0.325 e. The van der Waals surface area contributed by atoms with E-state index in [4.69, 9.17) is 0 Å². The van der Waals surface area contributed by atoms with E-state index < -0.39 is 17.4 Å². The van der Waals surface area contributed by atoms with Gasteiger partial charge in [0.2, 0.25) is 5.91 Å². The van der Waals surface area contributed by atoms with E-state index in [1.54, 1.807) is 32.9 Å². The van der Waals surface area contributed by atoms with E-state index in [2.05, 4.69) is 10.6 Å². The molecule has 2 N–H and O–H groups in total. The molecule has 1 aliphatic rings. The summed E-state index contributed by atoms with van der Waals surface area (Å²) in [6.45, 7) is 5.20. The second-order valence-corrected chi connectivity index (χ2v) is 6.15. The number of amides is 4. The molecule has 1 aromatic rings. The van der Waals surface area contributed by atoms with Crippen molar-refractivity contribution in [2.24, 2.45) is 0 Å². The molecule has 4 amide bonds. The molecule has 0 aromatic heterocycles. The number of anilines is 1. The van der Waals surface area contributed by atoms with Gasteiger partial charge in [-0.25, -0.2) is 9.18 Å². The minimum atomic E-state index is -0.913. The predicted octanol–water partition coefficient (Wildman–Crippen LogP) is 2.18. The van der Waals surface area contributed by atoms with Crippen LogP contribution in [0.3, 0.4) is 0 Å². The lowest BCUT2D eigenvalue weighted by atomic mass is 10.1. The molecular formula is C16H20FN3O3. The maximum atomic E-state index is 13.6. The zero-order valence-electron chi connectivity index (χ0n) is 13.4. The molecule has 2 rings (SSSR count). The van der Waals surface area contributed by atoms with Gasteiger partial charge in [-0.2, -0.15) is 0 Å². The van der Waals surface area contributed by atoms with Crippen molar-refractivity contribution in [3.05, 3.63) is 29.6 Å². The first-order valence-corrected chi connectivity index (χ1v) is 7.41. The van der Waals surface area contributed by atoms with Crippen molar-refractivity contribution in [1.29, 1.82) is 0 Å². The van der Waals surface area contributed by atoms with E-state index in [1.807, 2.05) is 0 Å². The van der Waals surface area contributed by atoms with Crippen LogP contribution in [0.4, 0.5) is 14.9 Å². The predicted molar refractivity (Wildman–Crippen MR) is 83.3 cm³/mol. The third-order valence-electron chi connectivity index (χ3n) is 3.63. The normalized spacial score (nSPS) is 16.4. The van der Waals surface area contributed by atoms with Gasteiger partial charge >= 0.3 is 6.03 Å². The number of hydrogen-bond donors (Lipinski definition) is 2. The van der Waals surface area contributed by atoms with E-state index in [0.717, 1.165) is 10.5 Å². The average Bonchev–Trinajstić information content (AvgIpc) is 2.64. The van der Waals surface area contributed by atoms with E-state index in [0.29, 0.717) is 6.42 Å². The Hall–Kier alpha value is -2.44. The Labute approximate surface area is 134 Å². The third-order valence-corrected chi connectivity index (χ3v) is 3.63. The summed E-state index contributed by atoms with van der Waals surface area (Å²) in [4.78, 5) is 36.6. The van der Waals surface area contributed by atoms with Crippen LogP contribution in [-0.4, -0.2) is 34.8 Å². The molecule has 6 nitrogen and oxygen atoms in total. The van der Waals surface area contributed by atoms with Gasteiger partial charge in [0.05, 0.1) is 5.69 Å². The van der Waals surface area contributed by atoms with Crippen molar-refractivity contribution >= 4 is 23.5 Å². The van der Waals surface area contributed by atoms with Crippen LogP contribution in [-0.2, 0) is 9.59 Å². The Morgan fingerprint density at radius 3 is 2.65 bits per heavy atom. The molecule has 1 fully saturated rings. The molecule has 0 aliphatic carbocycles. The number of aryl methyl sites for hydroxylation is 1. The second kappa shape index (κ2) is 6.36. The number of rotatable bonds is 5. The Morgan fingerprint density at radius 1 is 1.35 bits per heavy atom. The molecular weight excluding hydrogens is 301 g/mol. The molecule has 0 radical (unpaired) electrons. The number of urea groups is 1. The molecule has 0 unspecified atom stereocenters. The summed E-state index contributed by atoms with van der Waals surface area (Å²) >= 11 is 0. The first-order chi connectivity index (χ1) is 10.7. The van der Waals surface area contributed by atoms with Gasteiger partial charge in [-0.15, -0.1) is 0 Å². The lowest BCUT2D eigenvalue weighted by molar-refractivity contribution is -0.130. The smallest absolute Gasteiger partial charge is 0.324 e. The van der Waals surface area contributed by atoms with E-state index in [-0.39, 0.29) is 30.5 Å². The molecule has 7 heteroatoms. The van der Waals surface area contributed by atoms with Gasteiger partial charge in [0.15, 0.2) is 0 Å². The highest BCUT2D eigenvalue weighted by molar-refractivity contribution is 6.06. The molecule has 0 bridgehead atoms. The van der Waals surface area contributed by atoms with Crippen LogP contribution in [0.15, 0.2) is 18.2 Å². The maximum absolute atomic E-state index is 13.6. The topological polar surface area (TPSA) is 78.5 Å². The third kappa shape index (κ3) is 3.85. The van der Waals surface area contributed by atoms with Gasteiger partial charge in [-0.3, -0.25) is 14.5 Å². The van der Waals surface area contributed by atoms with Crippen LogP contribution in [0.2, 0.25) is 0 Å². The Bertz CT molecular complexity index is 658. The van der Waals surface area contributed by atoms with Gasteiger partial charge in [0.25, 0.3) is 5.91 Å². The van der Waals surface area contributed by atoms with Crippen LogP contribution in [0.25, 0.3) is 0 Å². The minimum absolute atomic E-state index is 0.0882. The number of halogens is 1. The summed E-state index contributed by atoms with van der Waals surface area (Å²) in [6, 6.07) is 4.00. The fraction of sp³-hybridized carbons (Fsp3) is 0.438. The minimum Gasteiger partial charge on any atom is -0.324 e. The maximum Gasteiger partial charge on any atom is 0.325 e. The average molecular weight is 321 g/mol. The number of carbonyl (C=O) groups excluding carboxylic acids is 3. The fourth-order valence-electron chi connectivity index (χ4n) is 2.37. The Kier molecular flexibility index (Phi) is 4.68. The van der Waals surface area contributed by atoms with Crippen LogP contribution in [0.5, 0.6) is 0 Å². The number of imide groups is 1. The van der Waals surface area contributed by atoms with Gasteiger partial charge in [0.1, 0.15) is 11.4 Å². The molecule has 0 saturated carbocycles. The summed E-state index contributed by atoms with van der Waals surface area (Å²) in [5.74, 6) is -1.17. The molecule has 1 saturated heterocycles. The molecule has 23 heavy (non-hydrogen) atoms. The zero-order valence-corrected chi connectivity index (χ0v) is 13.4. The number of hydrogen-bond acceptors (Lipinski definition) is 3. The van der Waals surface area contributed by atoms with Gasteiger partial charge < -0.3 is 10.6 Å². The van der Waals surface area contributed by atoms with Crippen molar-refractivity contribution in [3.8, 4) is 0 Å². The highest BCUT2D eigenvalue weighted by Gasteiger charge is 2.43. The first-order valence-electron chi connectivity index (χ1n) is 7.41. The standard InChI is InChI=1S/C16H20FN3O3/c1-10-6-7-11(17)12(9-10)18-13(21)5-4-8-20-14(22)16(2,3)19-15(20)23/h6-7,9H,4-5,8H2,1-3H3,(H,18,21)(H,19,23). The summed E-state index contributed by atoms with van der Waals surface area (Å²) in [6.07, 6.45) is 0.402. The number of nitrogens with one attached hydrogen (secondary N) is 2. The molecule has 124 valence electrons. The van der Waals surface area contributed by atoms with Gasteiger partial charge in [-0.1, -0.05) is 6.07 Å². The molecule has 0 atom stereocenters. The van der Waals surface area contributed by atoms with Crippen LogP contribution < -0.4 is 10.6 Å². The van der Waals surface area contributed by atoms with Crippen LogP contribution in [0, 0.1) is 12.7 Å². The SMILES string of the molecule is Cc1ccc(F)c(NC(=O)CCCN2C(=O)NC(C)(C)C2=O)c1. The molecule has 1 aromatic carbocycles. The highest BCUT2D eigenvalue weighted by Crippen LogP contribution is 2.18. The van der Waals surface area contributed by atoms with Gasteiger partial charge in [0, 0.05) is 13.0 Å². The highest BCUT2D eigenvalue weighted by atomic mass is 19.1. The number of nitrogens with zero attached hydrogens (tertiary/aromatic N) is 1. The second-order valence-electron chi connectivity index (χ2n) is 6.15. The summed E-state index contributed by atoms with van der Waals surface area (Å²) < 4.78 is 13.6. The monoisotopic (exact) mass is 321 g/mol. The van der Waals surface area contributed by atoms with Crippen molar-refractivity contribution in [2.45, 2.75) is 39.2 Å². The van der Waals surface area contributed by atoms with Crippen molar-refractivity contribution in [2.75, 3.05) is 11.9 Å². The quantitative estimate of drug-likeness (QED) is 0.816. The number of carbonyl (C=O) groups is 3. The summed E-state index contributed by atoms with van der Waals surface area (Å²) in [5.41, 5.74) is 0.0544. The zero-order chi connectivity index (χ0) is 17.2. The van der Waals surface area contributed by atoms with Crippen molar-refractivity contribution in [1.82, 2.24) is 10.2 Å². The van der Waals surface area contributed by atoms with Crippen molar-refractivity contribution < 1.29 is 18.8 Å². The fourth-order valence-corrected chi connectivity index (χ4v) is 2.37. The van der Waals surface area contributed by atoms with E-state index >= 15 is 0 Å². The summed E-state index contributed by atoms with van der Waals surface area (Å²) in [7, 11) is 0. The Morgan fingerprint density at radius 2 is 2.04 bits per heavy atom. The first kappa shape index (κ1) is 16.9. The Balaban J connectivity index is 1.85. The van der Waals surface area contributed by atoms with E-state index in [9.17, 15) is 18.8 Å². The van der Waals surface area contributed by atoms with Gasteiger partial charge in [-0.05, 0) is 44.9 Å². The van der Waals surface area contributed by atoms with E-state index in [1.165, 1.54) is 6.07 Å². The van der Waals surface area contributed by atoms with Crippen LogP contribution in [0.1, 0.15) is 32.3 Å². The molecule has 0 spiro atoms. The number of benzene rings is 1. The van der Waals surface area contributed by atoms with Crippen LogP contribution >= 0.6 is 0 Å². The van der Waals surface area contributed by atoms with Crippen molar-refractivity contribution in [3.63, 3.8) is 0 Å². The molecule has 1 heterocycles.